The highest BCUT2D eigenvalue weighted by Crippen LogP contribution is 2.40. The molecule has 238 valence electrons. The van der Waals surface area contributed by atoms with Crippen molar-refractivity contribution in [1.82, 2.24) is 15.5 Å². The topological polar surface area (TPSA) is 168 Å². The van der Waals surface area contributed by atoms with E-state index < -0.39 is 24.3 Å². The van der Waals surface area contributed by atoms with E-state index >= 15 is 0 Å². The van der Waals surface area contributed by atoms with Crippen molar-refractivity contribution in [3.8, 4) is 0 Å². The Morgan fingerprint density at radius 1 is 1.14 bits per heavy atom. The van der Waals surface area contributed by atoms with Gasteiger partial charge < -0.3 is 46.1 Å². The maximum atomic E-state index is 13.5. The number of nitrogens with two attached hydrogens (primary N) is 1. The van der Waals surface area contributed by atoms with E-state index in [-0.39, 0.29) is 43.3 Å². The third-order valence-corrected chi connectivity index (χ3v) is 9.24. The van der Waals surface area contributed by atoms with Crippen LogP contribution in [0.1, 0.15) is 42.0 Å². The average molecular weight is 610 g/mol. The molecule has 3 saturated heterocycles. The molecule has 12 nitrogen and oxygen atoms in total. The minimum Gasteiger partial charge on any atom is -0.446 e. The molecule has 0 saturated carbocycles. The van der Waals surface area contributed by atoms with Crippen molar-refractivity contribution in [2.24, 2.45) is 11.8 Å². The fourth-order valence-corrected chi connectivity index (χ4v) is 7.00. The Morgan fingerprint density at radius 2 is 1.93 bits per heavy atom. The van der Waals surface area contributed by atoms with Crippen LogP contribution in [0, 0.1) is 11.8 Å². The van der Waals surface area contributed by atoms with Crippen LogP contribution in [0.3, 0.4) is 0 Å². The van der Waals surface area contributed by atoms with E-state index in [9.17, 15) is 19.8 Å². The van der Waals surface area contributed by atoms with Gasteiger partial charge in [-0.15, -0.1) is 0 Å². The van der Waals surface area contributed by atoms with Gasteiger partial charge in [0.25, 0.3) is 0 Å². The molecule has 4 heterocycles. The van der Waals surface area contributed by atoms with E-state index in [1.807, 2.05) is 35.2 Å². The van der Waals surface area contributed by atoms with Crippen LogP contribution in [0.2, 0.25) is 0 Å². The van der Waals surface area contributed by atoms with Gasteiger partial charge in [0, 0.05) is 31.0 Å². The van der Waals surface area contributed by atoms with Gasteiger partial charge in [0.2, 0.25) is 5.91 Å². The molecule has 6 rings (SSSR count). The monoisotopic (exact) mass is 609 g/mol. The number of nitrogen functional groups attached to an aromatic ring is 1. The van der Waals surface area contributed by atoms with E-state index in [1.165, 1.54) is 0 Å². The van der Waals surface area contributed by atoms with Crippen LogP contribution in [0.4, 0.5) is 16.2 Å². The second-order valence-electron chi connectivity index (χ2n) is 12.3. The van der Waals surface area contributed by atoms with E-state index in [0.717, 1.165) is 31.5 Å². The normalized spacial score (nSPS) is 27.4. The number of alkyl carbamates (subject to hydrolysis) is 1. The molecule has 12 heteroatoms. The van der Waals surface area contributed by atoms with Crippen LogP contribution >= 0.6 is 0 Å². The van der Waals surface area contributed by atoms with Crippen molar-refractivity contribution in [2.75, 3.05) is 50.4 Å². The largest absolute Gasteiger partial charge is 0.446 e. The molecular formula is C32H43N5O7. The molecule has 0 radical (unpaired) electrons. The maximum absolute atomic E-state index is 13.5. The maximum Gasteiger partial charge on any atom is 0.407 e. The van der Waals surface area contributed by atoms with Crippen molar-refractivity contribution in [2.45, 2.75) is 62.9 Å². The van der Waals surface area contributed by atoms with E-state index in [4.69, 9.17) is 19.9 Å². The van der Waals surface area contributed by atoms with E-state index in [2.05, 4.69) is 16.0 Å². The molecule has 0 spiro atoms. The highest BCUT2D eigenvalue weighted by atomic mass is 16.7. The summed E-state index contributed by atoms with van der Waals surface area (Å²) in [5, 5.41) is 30.9. The van der Waals surface area contributed by atoms with E-state index in [0.29, 0.717) is 55.1 Å². The third-order valence-electron chi connectivity index (χ3n) is 9.24. The molecule has 7 atom stereocenters. The van der Waals surface area contributed by atoms with Crippen LogP contribution in [-0.2, 0) is 32.0 Å². The van der Waals surface area contributed by atoms with Gasteiger partial charge in [-0.2, -0.15) is 0 Å². The molecule has 7 N–H and O–H groups in total. The van der Waals surface area contributed by atoms with Gasteiger partial charge >= 0.3 is 6.09 Å². The zero-order valence-electron chi connectivity index (χ0n) is 24.8. The standard InChI is InChI=1S/C32H43N5O7/c33-24-13-21(18-38)12-23-28(24)36-30(40)29(23)37(16-20-6-9-34-15-20)17-26(39)25(14-19-4-2-1-3-5-19)35-32(41)44-27-8-11-43-31-22(27)7-10-42-31/h1-5,12-13,20,22,25-27,29,31,34,38-39H,6-11,14-18,33H2,(H,35,41)(H,36,40)/t20?,22-,25?,26+,27?,29?,31+/m0/s1. The number of nitrogens with zero attached hydrogens (tertiary/aromatic N) is 1. The number of benzene rings is 2. The Labute approximate surface area is 257 Å². The predicted octanol–water partition coefficient (Wildman–Crippen LogP) is 1.52. The zero-order valence-corrected chi connectivity index (χ0v) is 24.8. The van der Waals surface area contributed by atoms with Crippen LogP contribution < -0.4 is 21.7 Å². The van der Waals surface area contributed by atoms with Gasteiger partial charge in [-0.25, -0.2) is 4.79 Å². The summed E-state index contributed by atoms with van der Waals surface area (Å²) >= 11 is 0. The number of aliphatic hydroxyl groups is 2. The lowest BCUT2D eigenvalue weighted by molar-refractivity contribution is -0.179. The molecule has 4 aliphatic heterocycles. The van der Waals surface area contributed by atoms with Gasteiger partial charge in [-0.05, 0) is 61.5 Å². The number of amides is 2. The van der Waals surface area contributed by atoms with Crippen molar-refractivity contribution in [1.29, 1.82) is 0 Å². The minimum absolute atomic E-state index is 0.0142. The van der Waals surface area contributed by atoms with Gasteiger partial charge in [0.15, 0.2) is 6.29 Å². The molecular weight excluding hydrogens is 566 g/mol. The molecule has 2 aromatic rings. The number of hydrogen-bond donors (Lipinski definition) is 6. The van der Waals surface area contributed by atoms with Crippen molar-refractivity contribution in [3.63, 3.8) is 0 Å². The van der Waals surface area contributed by atoms with Crippen molar-refractivity contribution in [3.05, 3.63) is 59.2 Å². The lowest BCUT2D eigenvalue weighted by Gasteiger charge is -2.35. The smallest absolute Gasteiger partial charge is 0.407 e. The number of anilines is 2. The summed E-state index contributed by atoms with van der Waals surface area (Å²) in [7, 11) is 0. The predicted molar refractivity (Wildman–Crippen MR) is 162 cm³/mol. The fraction of sp³-hybridized carbons (Fsp3) is 0.562. The molecule has 4 unspecified atom stereocenters. The Hall–Kier alpha value is -3.26. The Bertz CT molecular complexity index is 1310. The second kappa shape index (κ2) is 13.8. The summed E-state index contributed by atoms with van der Waals surface area (Å²) in [6, 6.07) is 11.7. The molecule has 0 aliphatic carbocycles. The van der Waals surface area contributed by atoms with Crippen LogP contribution in [0.5, 0.6) is 0 Å². The number of fused-ring (bicyclic) bond motifs is 2. The summed E-state index contributed by atoms with van der Waals surface area (Å²) in [6.45, 7) is 3.18. The quantitative estimate of drug-likeness (QED) is 0.206. The first-order valence-corrected chi connectivity index (χ1v) is 15.6. The fourth-order valence-electron chi connectivity index (χ4n) is 7.00. The highest BCUT2D eigenvalue weighted by molar-refractivity contribution is 6.05. The number of carbonyl (C=O) groups excluding carboxylic acids is 2. The first-order valence-electron chi connectivity index (χ1n) is 15.6. The zero-order chi connectivity index (χ0) is 30.6. The SMILES string of the molecule is Nc1cc(CO)cc2c1NC(=O)C2N(CC1CCNC1)C[C@@H](O)C(Cc1ccccc1)NC(=O)OC1CCO[C@H]2OCC[C@@H]12. The van der Waals surface area contributed by atoms with Crippen LogP contribution in [-0.4, -0.2) is 91.0 Å². The molecule has 4 aliphatic rings. The lowest BCUT2D eigenvalue weighted by Crippen LogP contribution is -2.52. The summed E-state index contributed by atoms with van der Waals surface area (Å²) in [5.41, 5.74) is 9.42. The van der Waals surface area contributed by atoms with E-state index in [1.54, 1.807) is 12.1 Å². The molecule has 3 fully saturated rings. The summed E-state index contributed by atoms with van der Waals surface area (Å²) in [4.78, 5) is 28.7. The van der Waals surface area contributed by atoms with Crippen LogP contribution in [0.15, 0.2) is 42.5 Å². The summed E-state index contributed by atoms with van der Waals surface area (Å²) in [5.74, 6) is 0.0255. The number of nitrogens with one attached hydrogen (secondary N) is 3. The summed E-state index contributed by atoms with van der Waals surface area (Å²) in [6.07, 6.45) is 0.339. The molecule has 0 bridgehead atoms. The number of aliphatic hydroxyl groups excluding tert-OH is 2. The number of hydrogen-bond acceptors (Lipinski definition) is 10. The Kier molecular flexibility index (Phi) is 9.65. The van der Waals surface area contributed by atoms with Gasteiger partial charge in [-0.1, -0.05) is 30.3 Å². The first kappa shape index (κ1) is 30.8. The van der Waals surface area contributed by atoms with Gasteiger partial charge in [0.05, 0.1) is 43.3 Å². The average Bonchev–Trinajstić information content (AvgIpc) is 3.78. The van der Waals surface area contributed by atoms with Crippen molar-refractivity contribution < 1.29 is 34.0 Å². The Balaban J connectivity index is 1.23. The lowest BCUT2D eigenvalue weighted by atomic mass is 9.95. The third kappa shape index (κ3) is 6.85. The second-order valence-corrected chi connectivity index (χ2v) is 12.3. The molecule has 2 aromatic carbocycles. The number of rotatable bonds is 11. The molecule has 44 heavy (non-hydrogen) atoms. The highest BCUT2D eigenvalue weighted by Gasteiger charge is 2.42. The van der Waals surface area contributed by atoms with Gasteiger partial charge in [-0.3, -0.25) is 9.69 Å². The molecule has 2 amide bonds. The Morgan fingerprint density at radius 3 is 2.68 bits per heavy atom. The van der Waals surface area contributed by atoms with Crippen molar-refractivity contribution >= 4 is 23.4 Å². The van der Waals surface area contributed by atoms with Gasteiger partial charge in [0.1, 0.15) is 12.1 Å². The van der Waals surface area contributed by atoms with Crippen LogP contribution in [0.25, 0.3) is 0 Å². The summed E-state index contributed by atoms with van der Waals surface area (Å²) < 4.78 is 17.2. The number of carbonyl (C=O) groups is 2. The first-order chi connectivity index (χ1) is 21.4. The minimum atomic E-state index is -1.04. The molecule has 0 aromatic heterocycles. The number of ether oxygens (including phenoxy) is 3.